The van der Waals surface area contributed by atoms with Gasteiger partial charge >= 0.3 is 5.97 Å². The first kappa shape index (κ1) is 10.4. The van der Waals surface area contributed by atoms with Crippen LogP contribution in [-0.2, 0) is 4.79 Å². The molecule has 0 aromatic heterocycles. The predicted molar refractivity (Wildman–Crippen MR) is 44.3 cm³/mol. The summed E-state index contributed by atoms with van der Waals surface area (Å²) < 4.78 is 0. The summed E-state index contributed by atoms with van der Waals surface area (Å²) in [5.41, 5.74) is 5.32. The van der Waals surface area contributed by atoms with Gasteiger partial charge in [-0.3, -0.25) is 4.79 Å². The number of carboxylic acids is 1. The Morgan fingerprint density at radius 2 is 1.91 bits per heavy atom. The molecule has 11 heavy (non-hydrogen) atoms. The van der Waals surface area contributed by atoms with Gasteiger partial charge in [-0.25, -0.2) is 0 Å². The van der Waals surface area contributed by atoms with E-state index in [2.05, 4.69) is 0 Å². The third-order valence-electron chi connectivity index (χ3n) is 2.55. The van der Waals surface area contributed by atoms with Gasteiger partial charge in [-0.05, 0) is 12.8 Å². The highest BCUT2D eigenvalue weighted by Gasteiger charge is 2.32. The van der Waals surface area contributed by atoms with Gasteiger partial charge < -0.3 is 10.8 Å². The van der Waals surface area contributed by atoms with Crippen LogP contribution in [0.3, 0.4) is 0 Å². The number of aliphatic carboxylic acids is 1. The first-order valence-electron chi connectivity index (χ1n) is 3.99. The molecule has 0 aromatic rings. The maximum atomic E-state index is 10.6. The van der Waals surface area contributed by atoms with Crippen molar-refractivity contribution in [2.75, 3.05) is 0 Å². The molecular formula is C8H17NO2. The predicted octanol–water partition coefficient (Wildman–Crippen LogP) is 1.22. The number of rotatable bonds is 4. The van der Waals surface area contributed by atoms with Crippen molar-refractivity contribution in [2.45, 2.75) is 39.2 Å². The van der Waals surface area contributed by atoms with Gasteiger partial charge in [-0.2, -0.15) is 0 Å². The summed E-state index contributed by atoms with van der Waals surface area (Å²) in [6.45, 7) is 5.50. The normalized spacial score (nSPS) is 14.5. The molecule has 66 valence electrons. The second-order valence-corrected chi connectivity index (χ2v) is 3.00. The maximum Gasteiger partial charge on any atom is 0.308 e. The van der Waals surface area contributed by atoms with Crippen molar-refractivity contribution in [3.05, 3.63) is 0 Å². The third-order valence-corrected chi connectivity index (χ3v) is 2.55. The van der Waals surface area contributed by atoms with Crippen LogP contribution in [0, 0.1) is 5.92 Å². The minimum Gasteiger partial charge on any atom is -0.481 e. The van der Waals surface area contributed by atoms with Crippen LogP contribution in [0.4, 0.5) is 0 Å². The van der Waals surface area contributed by atoms with Crippen LogP contribution in [0.2, 0.25) is 0 Å². The molecule has 0 aliphatic rings. The number of carboxylic acid groups (broad SMARTS) is 1. The van der Waals surface area contributed by atoms with Crippen LogP contribution in [0.25, 0.3) is 0 Å². The highest BCUT2D eigenvalue weighted by Crippen LogP contribution is 2.21. The Bertz CT molecular complexity index is 141. The van der Waals surface area contributed by atoms with Gasteiger partial charge in [0.05, 0.1) is 5.92 Å². The molecule has 0 bridgehead atoms. The number of nitrogens with two attached hydrogens (primary N) is 1. The second kappa shape index (κ2) is 3.72. The molecule has 0 rings (SSSR count). The standard InChI is InChI=1S/C8H17NO2/c1-4-8(9,5-2)6(3)7(10)11/h6H,4-5,9H2,1-3H3,(H,10,11). The van der Waals surface area contributed by atoms with Crippen LogP contribution in [0.15, 0.2) is 0 Å². The highest BCUT2D eigenvalue weighted by molar-refractivity contribution is 5.71. The van der Waals surface area contributed by atoms with Crippen LogP contribution >= 0.6 is 0 Å². The zero-order valence-electron chi connectivity index (χ0n) is 7.42. The Labute approximate surface area is 67.6 Å². The average molecular weight is 159 g/mol. The molecule has 0 spiro atoms. The molecule has 0 saturated heterocycles. The van der Waals surface area contributed by atoms with E-state index in [0.29, 0.717) is 12.8 Å². The molecule has 0 aromatic carbocycles. The van der Waals surface area contributed by atoms with E-state index in [0.717, 1.165) is 0 Å². The summed E-state index contributed by atoms with van der Waals surface area (Å²) in [5.74, 6) is -1.27. The summed E-state index contributed by atoms with van der Waals surface area (Å²) in [6.07, 6.45) is 1.41. The Hall–Kier alpha value is -0.570. The topological polar surface area (TPSA) is 63.3 Å². The van der Waals surface area contributed by atoms with Crippen molar-refractivity contribution in [2.24, 2.45) is 11.7 Å². The fourth-order valence-corrected chi connectivity index (χ4v) is 1.11. The lowest BCUT2D eigenvalue weighted by Gasteiger charge is -2.30. The van der Waals surface area contributed by atoms with E-state index in [-0.39, 0.29) is 0 Å². The number of carbonyl (C=O) groups is 1. The van der Waals surface area contributed by atoms with Gasteiger partial charge in [0.2, 0.25) is 0 Å². The van der Waals surface area contributed by atoms with Crippen LogP contribution < -0.4 is 5.73 Å². The Morgan fingerprint density at radius 1 is 1.55 bits per heavy atom. The average Bonchev–Trinajstić information content (AvgIpc) is 2.01. The molecule has 1 unspecified atom stereocenters. The van der Waals surface area contributed by atoms with E-state index >= 15 is 0 Å². The van der Waals surface area contributed by atoms with Gasteiger partial charge in [-0.15, -0.1) is 0 Å². The molecule has 3 heteroatoms. The van der Waals surface area contributed by atoms with Gasteiger partial charge in [0.1, 0.15) is 0 Å². The number of hydrogen-bond donors (Lipinski definition) is 2. The fourth-order valence-electron chi connectivity index (χ4n) is 1.11. The van der Waals surface area contributed by atoms with Crippen LogP contribution in [0.5, 0.6) is 0 Å². The minimum atomic E-state index is -0.809. The Balaban J connectivity index is 4.36. The summed E-state index contributed by atoms with van der Waals surface area (Å²) in [5, 5.41) is 8.70. The summed E-state index contributed by atoms with van der Waals surface area (Å²) in [7, 11) is 0. The molecule has 3 nitrogen and oxygen atoms in total. The molecule has 1 atom stereocenters. The molecule has 0 radical (unpaired) electrons. The first-order valence-corrected chi connectivity index (χ1v) is 3.99. The van der Waals surface area contributed by atoms with Gasteiger partial charge in [-0.1, -0.05) is 20.8 Å². The largest absolute Gasteiger partial charge is 0.481 e. The molecule has 0 amide bonds. The van der Waals surface area contributed by atoms with E-state index in [1.165, 1.54) is 0 Å². The van der Waals surface area contributed by atoms with Crippen molar-refractivity contribution in [1.82, 2.24) is 0 Å². The smallest absolute Gasteiger partial charge is 0.308 e. The zero-order chi connectivity index (χ0) is 9.07. The van der Waals surface area contributed by atoms with Crippen LogP contribution in [-0.4, -0.2) is 16.6 Å². The van der Waals surface area contributed by atoms with E-state index in [9.17, 15) is 4.79 Å². The highest BCUT2D eigenvalue weighted by atomic mass is 16.4. The van der Waals surface area contributed by atoms with Crippen molar-refractivity contribution in [3.63, 3.8) is 0 Å². The third kappa shape index (κ3) is 2.19. The Kier molecular flexibility index (Phi) is 3.52. The second-order valence-electron chi connectivity index (χ2n) is 3.00. The molecular weight excluding hydrogens is 142 g/mol. The van der Waals surface area contributed by atoms with Gasteiger partial charge in [0.15, 0.2) is 0 Å². The lowest BCUT2D eigenvalue weighted by Crippen LogP contribution is -2.48. The minimum absolute atomic E-state index is 0.461. The monoisotopic (exact) mass is 159 g/mol. The SMILES string of the molecule is CCC(N)(CC)C(C)C(=O)O. The first-order chi connectivity index (χ1) is 4.98. The van der Waals surface area contributed by atoms with Gasteiger partial charge in [0.25, 0.3) is 0 Å². The van der Waals surface area contributed by atoms with E-state index in [1.807, 2.05) is 13.8 Å². The molecule has 0 heterocycles. The van der Waals surface area contributed by atoms with E-state index in [4.69, 9.17) is 10.8 Å². The molecule has 3 N–H and O–H groups in total. The zero-order valence-corrected chi connectivity index (χ0v) is 7.42. The maximum absolute atomic E-state index is 10.6. The summed E-state index contributed by atoms with van der Waals surface area (Å²) in [4.78, 5) is 10.6. The lowest BCUT2D eigenvalue weighted by atomic mass is 9.81. The van der Waals surface area contributed by atoms with E-state index in [1.54, 1.807) is 6.92 Å². The van der Waals surface area contributed by atoms with Gasteiger partial charge in [0, 0.05) is 5.54 Å². The Morgan fingerprint density at radius 3 is 2.00 bits per heavy atom. The summed E-state index contributed by atoms with van der Waals surface area (Å²) in [6, 6.07) is 0. The fraction of sp³-hybridized carbons (Fsp3) is 0.875. The van der Waals surface area contributed by atoms with Crippen molar-refractivity contribution in [1.29, 1.82) is 0 Å². The lowest BCUT2D eigenvalue weighted by molar-refractivity contribution is -0.143. The molecule has 0 aliphatic carbocycles. The molecule has 0 aliphatic heterocycles. The van der Waals surface area contributed by atoms with Crippen LogP contribution in [0.1, 0.15) is 33.6 Å². The van der Waals surface area contributed by atoms with Crippen molar-refractivity contribution in [3.8, 4) is 0 Å². The number of hydrogen-bond acceptors (Lipinski definition) is 2. The quantitative estimate of drug-likeness (QED) is 0.648. The summed E-state index contributed by atoms with van der Waals surface area (Å²) >= 11 is 0. The van der Waals surface area contributed by atoms with Crippen molar-refractivity contribution < 1.29 is 9.90 Å². The molecule has 0 fully saturated rings. The van der Waals surface area contributed by atoms with Crippen molar-refractivity contribution >= 4 is 5.97 Å². The van der Waals surface area contributed by atoms with E-state index < -0.39 is 17.4 Å². The molecule has 0 saturated carbocycles.